The van der Waals surface area contributed by atoms with Gasteiger partial charge in [-0.2, -0.15) is 0 Å². The fourth-order valence-corrected chi connectivity index (χ4v) is 4.14. The van der Waals surface area contributed by atoms with Crippen molar-refractivity contribution in [2.75, 3.05) is 0 Å². The molecule has 2 aromatic rings. The fourth-order valence-electron chi connectivity index (χ4n) is 3.91. The Kier molecular flexibility index (Phi) is 3.50. The van der Waals surface area contributed by atoms with Crippen LogP contribution in [0, 0.1) is 12.8 Å². The molecule has 0 amide bonds. The normalized spacial score (nSPS) is 32.2. The Morgan fingerprint density at radius 3 is 3.00 bits per heavy atom. The number of nitrogens with one attached hydrogen (secondary N) is 1. The third-order valence-corrected chi connectivity index (χ3v) is 5.26. The van der Waals surface area contributed by atoms with Crippen molar-refractivity contribution in [3.63, 3.8) is 0 Å². The van der Waals surface area contributed by atoms with Crippen LogP contribution in [0.3, 0.4) is 0 Å². The lowest BCUT2D eigenvalue weighted by molar-refractivity contribution is 0.120. The molecule has 2 fully saturated rings. The standard InChI is InChI=1S/C18H20N2O2S/c1-11-7-15(21-17(23)14-9-19-10-20-14)16-18(8-11,22-16)13-6-4-3-5-12(13)2/h3-6,9-11,15-16H,7-8H2,1-2H3,(H,19,20)/t11-,15+,16+,18+/m0/s1. The molecule has 1 saturated carbocycles. The molecule has 1 aliphatic heterocycles. The van der Waals surface area contributed by atoms with Crippen LogP contribution in [0.1, 0.15) is 36.6 Å². The molecule has 5 heteroatoms. The van der Waals surface area contributed by atoms with E-state index in [0.717, 1.165) is 18.5 Å². The first-order chi connectivity index (χ1) is 11.1. The van der Waals surface area contributed by atoms with E-state index in [4.69, 9.17) is 21.7 Å². The first kappa shape index (κ1) is 14.8. The molecule has 4 atom stereocenters. The second-order valence-electron chi connectivity index (χ2n) is 6.70. The van der Waals surface area contributed by atoms with E-state index in [2.05, 4.69) is 48.1 Å². The zero-order chi connectivity index (χ0) is 16.0. The molecule has 0 unspecified atom stereocenters. The van der Waals surface area contributed by atoms with E-state index in [0.29, 0.717) is 11.0 Å². The number of hydrogen-bond acceptors (Lipinski definition) is 4. The summed E-state index contributed by atoms with van der Waals surface area (Å²) >= 11 is 5.39. The van der Waals surface area contributed by atoms with Crippen LogP contribution in [0.15, 0.2) is 36.8 Å². The zero-order valence-electron chi connectivity index (χ0n) is 13.3. The van der Waals surface area contributed by atoms with Crippen molar-refractivity contribution in [2.45, 2.75) is 44.5 Å². The number of benzene rings is 1. The molecular weight excluding hydrogens is 308 g/mol. The molecule has 0 spiro atoms. The number of rotatable bonds is 3. The van der Waals surface area contributed by atoms with E-state index in [9.17, 15) is 0 Å². The maximum Gasteiger partial charge on any atom is 0.209 e. The average molecular weight is 328 g/mol. The summed E-state index contributed by atoms with van der Waals surface area (Å²) in [5.74, 6) is 0.530. The van der Waals surface area contributed by atoms with Gasteiger partial charge in [-0.05, 0) is 49.0 Å². The minimum atomic E-state index is -0.197. The Morgan fingerprint density at radius 2 is 2.26 bits per heavy atom. The summed E-state index contributed by atoms with van der Waals surface area (Å²) < 4.78 is 12.3. The second kappa shape index (κ2) is 5.42. The van der Waals surface area contributed by atoms with E-state index in [1.165, 1.54) is 11.1 Å². The molecule has 1 N–H and O–H groups in total. The summed E-state index contributed by atoms with van der Waals surface area (Å²) in [5, 5.41) is 0.468. The Balaban J connectivity index is 1.57. The van der Waals surface area contributed by atoms with Gasteiger partial charge in [0, 0.05) is 0 Å². The minimum absolute atomic E-state index is 0.00541. The van der Waals surface area contributed by atoms with Gasteiger partial charge in [0.1, 0.15) is 23.5 Å². The molecule has 0 radical (unpaired) electrons. The van der Waals surface area contributed by atoms with Crippen LogP contribution in [-0.4, -0.2) is 27.2 Å². The summed E-state index contributed by atoms with van der Waals surface area (Å²) in [6.45, 7) is 4.40. The van der Waals surface area contributed by atoms with Gasteiger partial charge in [-0.1, -0.05) is 31.2 Å². The highest BCUT2D eigenvalue weighted by Gasteiger charge is 2.65. The number of hydrogen-bond donors (Lipinski definition) is 1. The number of aromatic amines is 1. The largest absolute Gasteiger partial charge is 0.476 e. The molecule has 120 valence electrons. The number of imidazole rings is 1. The maximum absolute atomic E-state index is 6.22. The molecule has 1 aromatic carbocycles. The van der Waals surface area contributed by atoms with Crippen molar-refractivity contribution < 1.29 is 9.47 Å². The smallest absolute Gasteiger partial charge is 0.209 e. The third-order valence-electron chi connectivity index (χ3n) is 4.94. The van der Waals surface area contributed by atoms with Crippen LogP contribution >= 0.6 is 12.2 Å². The van der Waals surface area contributed by atoms with E-state index < -0.39 is 0 Å². The SMILES string of the molecule is Cc1ccccc1[C@]12C[C@@H](C)C[C@@H](OC(=S)c3cnc[nH]3)[C@H]1O2. The third kappa shape index (κ3) is 2.48. The molecule has 2 heterocycles. The molecule has 1 saturated heterocycles. The van der Waals surface area contributed by atoms with E-state index in [-0.39, 0.29) is 17.8 Å². The number of fused-ring (bicyclic) bond motifs is 1. The lowest BCUT2D eigenvalue weighted by atomic mass is 9.76. The van der Waals surface area contributed by atoms with Crippen molar-refractivity contribution in [3.05, 3.63) is 53.6 Å². The lowest BCUT2D eigenvalue weighted by Gasteiger charge is -2.30. The van der Waals surface area contributed by atoms with Gasteiger partial charge in [0.15, 0.2) is 0 Å². The van der Waals surface area contributed by atoms with E-state index in [1.54, 1.807) is 12.5 Å². The first-order valence-electron chi connectivity index (χ1n) is 8.03. The van der Waals surface area contributed by atoms with Crippen molar-refractivity contribution in [3.8, 4) is 0 Å². The molecule has 4 nitrogen and oxygen atoms in total. The minimum Gasteiger partial charge on any atom is -0.476 e. The molecule has 1 aromatic heterocycles. The number of aryl methyl sites for hydroxylation is 1. The highest BCUT2D eigenvalue weighted by atomic mass is 32.1. The second-order valence-corrected chi connectivity index (χ2v) is 7.07. The van der Waals surface area contributed by atoms with Gasteiger partial charge in [0.25, 0.3) is 0 Å². The van der Waals surface area contributed by atoms with Crippen LogP contribution in [0.5, 0.6) is 0 Å². The summed E-state index contributed by atoms with van der Waals surface area (Å²) in [6, 6.07) is 8.48. The van der Waals surface area contributed by atoms with Gasteiger partial charge < -0.3 is 14.5 Å². The van der Waals surface area contributed by atoms with Gasteiger partial charge in [-0.25, -0.2) is 4.98 Å². The highest BCUT2D eigenvalue weighted by Crippen LogP contribution is 2.58. The first-order valence-corrected chi connectivity index (χ1v) is 8.44. The predicted molar refractivity (Wildman–Crippen MR) is 91.3 cm³/mol. The Morgan fingerprint density at radius 1 is 1.43 bits per heavy atom. The summed E-state index contributed by atoms with van der Waals surface area (Å²) in [4.78, 5) is 7.00. The molecule has 2 aliphatic rings. The van der Waals surface area contributed by atoms with E-state index >= 15 is 0 Å². The Hall–Kier alpha value is -1.72. The monoisotopic (exact) mass is 328 g/mol. The highest BCUT2D eigenvalue weighted by molar-refractivity contribution is 7.80. The zero-order valence-corrected chi connectivity index (χ0v) is 14.1. The van der Waals surface area contributed by atoms with Crippen LogP contribution in [0.25, 0.3) is 0 Å². The number of ether oxygens (including phenoxy) is 2. The van der Waals surface area contributed by atoms with Gasteiger partial charge >= 0.3 is 0 Å². The number of thiocarbonyl (C=S) groups is 1. The number of nitrogens with zero attached hydrogens (tertiary/aromatic N) is 1. The topological polar surface area (TPSA) is 50.4 Å². The van der Waals surface area contributed by atoms with Gasteiger partial charge in [0.2, 0.25) is 5.05 Å². The predicted octanol–water partition coefficient (Wildman–Crippen LogP) is 3.50. The van der Waals surface area contributed by atoms with Gasteiger partial charge in [-0.15, -0.1) is 0 Å². The van der Waals surface area contributed by atoms with Gasteiger partial charge in [0.05, 0.1) is 12.5 Å². The van der Waals surface area contributed by atoms with Crippen LogP contribution in [-0.2, 0) is 15.1 Å². The summed E-state index contributed by atoms with van der Waals surface area (Å²) in [7, 11) is 0. The fraction of sp³-hybridized carbons (Fsp3) is 0.444. The molecule has 0 bridgehead atoms. The van der Waals surface area contributed by atoms with Gasteiger partial charge in [-0.3, -0.25) is 0 Å². The Bertz CT molecular complexity index is 730. The summed E-state index contributed by atoms with van der Waals surface area (Å²) in [6.07, 6.45) is 5.39. The molecule has 23 heavy (non-hydrogen) atoms. The lowest BCUT2D eigenvalue weighted by Crippen LogP contribution is -2.36. The van der Waals surface area contributed by atoms with Crippen LogP contribution < -0.4 is 0 Å². The molecular formula is C18H20N2O2S. The van der Waals surface area contributed by atoms with E-state index in [1.807, 2.05) is 0 Å². The number of epoxide rings is 1. The maximum atomic E-state index is 6.22. The van der Waals surface area contributed by atoms with Crippen LogP contribution in [0.4, 0.5) is 0 Å². The quantitative estimate of drug-likeness (QED) is 0.692. The van der Waals surface area contributed by atoms with Crippen molar-refractivity contribution in [1.29, 1.82) is 0 Å². The van der Waals surface area contributed by atoms with Crippen molar-refractivity contribution in [2.24, 2.45) is 5.92 Å². The number of aromatic nitrogens is 2. The van der Waals surface area contributed by atoms with Crippen molar-refractivity contribution in [1.82, 2.24) is 9.97 Å². The molecule has 1 aliphatic carbocycles. The Labute approximate surface area is 141 Å². The average Bonchev–Trinajstić information content (AvgIpc) is 3.01. The van der Waals surface area contributed by atoms with Crippen molar-refractivity contribution >= 4 is 17.3 Å². The van der Waals surface area contributed by atoms with Crippen LogP contribution in [0.2, 0.25) is 0 Å². The molecule has 4 rings (SSSR count). The summed E-state index contributed by atoms with van der Waals surface area (Å²) in [5.41, 5.74) is 3.12. The number of H-pyrrole nitrogens is 1.